The van der Waals surface area contributed by atoms with Gasteiger partial charge >= 0.3 is 11.7 Å². The molecule has 162 valence electrons. The number of esters is 1. The molecule has 3 heterocycles. The minimum Gasteiger partial charge on any atom is -0.618 e. The summed E-state index contributed by atoms with van der Waals surface area (Å²) in [6.45, 7) is 0. The molecule has 1 aliphatic carbocycles. The normalized spacial score (nSPS) is 24.1. The lowest BCUT2D eigenvalue weighted by molar-refractivity contribution is -0.608. The Labute approximate surface area is 183 Å². The van der Waals surface area contributed by atoms with E-state index in [-0.39, 0.29) is 37.2 Å². The van der Waals surface area contributed by atoms with Crippen LogP contribution < -0.4 is 10.0 Å². The number of hydrogen-bond donors (Lipinski definition) is 2. The number of nitrogens with one attached hydrogen (secondary N) is 1. The number of nitrogens with zero attached hydrogens (tertiary/aromatic N) is 3. The summed E-state index contributed by atoms with van der Waals surface area (Å²) in [6.07, 6.45) is 4.81. The molecule has 0 bridgehead atoms. The first-order valence-corrected chi connectivity index (χ1v) is 10.3. The Kier molecular flexibility index (Phi) is 4.63. The van der Waals surface area contributed by atoms with Gasteiger partial charge in [0.25, 0.3) is 5.91 Å². The summed E-state index contributed by atoms with van der Waals surface area (Å²) in [4.78, 5) is 33.6. The van der Waals surface area contributed by atoms with Crippen LogP contribution >= 0.6 is 0 Å². The van der Waals surface area contributed by atoms with Crippen LogP contribution in [0.25, 0.3) is 11.3 Å². The summed E-state index contributed by atoms with van der Waals surface area (Å²) in [5.41, 5.74) is -0.605. The Morgan fingerprint density at radius 2 is 1.81 bits per heavy atom. The summed E-state index contributed by atoms with van der Waals surface area (Å²) in [6, 6.07) is 12.8. The number of ether oxygens (including phenoxy) is 1. The molecule has 1 amide bonds. The van der Waals surface area contributed by atoms with Crippen molar-refractivity contribution in [3.05, 3.63) is 77.5 Å². The highest BCUT2D eigenvalue weighted by atomic mass is 16.6. The number of pyridine rings is 1. The fraction of sp³-hybridized carbons (Fsp3) is 0.261. The zero-order valence-electron chi connectivity index (χ0n) is 17.0. The first-order chi connectivity index (χ1) is 15.4. The number of aromatic nitrogens is 3. The van der Waals surface area contributed by atoms with Crippen LogP contribution in [-0.2, 0) is 15.1 Å². The summed E-state index contributed by atoms with van der Waals surface area (Å²) in [5.74, 6) is -1.04. The zero-order valence-corrected chi connectivity index (χ0v) is 17.0. The van der Waals surface area contributed by atoms with Gasteiger partial charge in [-0.2, -0.15) is 4.73 Å². The first-order valence-electron chi connectivity index (χ1n) is 10.3. The van der Waals surface area contributed by atoms with Crippen molar-refractivity contribution in [2.75, 3.05) is 5.32 Å². The highest BCUT2D eigenvalue weighted by Gasteiger charge is 2.55. The van der Waals surface area contributed by atoms with Crippen molar-refractivity contribution in [1.29, 1.82) is 0 Å². The molecule has 3 aromatic rings. The molecule has 1 aliphatic heterocycles. The van der Waals surface area contributed by atoms with Crippen LogP contribution in [-0.4, -0.2) is 32.6 Å². The number of benzene rings is 1. The molecule has 32 heavy (non-hydrogen) atoms. The molecule has 1 aromatic carbocycles. The Morgan fingerprint density at radius 3 is 2.50 bits per heavy atom. The van der Waals surface area contributed by atoms with E-state index in [0.29, 0.717) is 16.0 Å². The van der Waals surface area contributed by atoms with E-state index in [4.69, 9.17) is 4.74 Å². The quantitative estimate of drug-likeness (QED) is 0.368. The van der Waals surface area contributed by atoms with Gasteiger partial charge in [-0.25, -0.2) is 9.78 Å². The van der Waals surface area contributed by atoms with Crippen molar-refractivity contribution >= 4 is 17.7 Å². The molecule has 0 unspecified atom stereocenters. The van der Waals surface area contributed by atoms with Gasteiger partial charge in [0, 0.05) is 11.6 Å². The molecule has 0 atom stereocenters. The van der Waals surface area contributed by atoms with Crippen LogP contribution in [0.15, 0.2) is 61.1 Å². The van der Waals surface area contributed by atoms with E-state index in [9.17, 15) is 19.9 Å². The third kappa shape index (κ3) is 3.27. The average Bonchev–Trinajstić information content (AvgIpc) is 3.09. The van der Waals surface area contributed by atoms with Gasteiger partial charge in [0.2, 0.25) is 0 Å². The Bertz CT molecular complexity index is 1190. The number of aliphatic hydroxyl groups is 1. The summed E-state index contributed by atoms with van der Waals surface area (Å²) < 4.78 is 6.06. The zero-order chi connectivity index (χ0) is 22.3. The highest BCUT2D eigenvalue weighted by Crippen LogP contribution is 2.48. The van der Waals surface area contributed by atoms with Crippen LogP contribution in [0, 0.1) is 5.21 Å². The minimum absolute atomic E-state index is 0.0313. The van der Waals surface area contributed by atoms with Crippen molar-refractivity contribution in [2.45, 2.75) is 36.9 Å². The molecule has 1 saturated carbocycles. The molecule has 0 radical (unpaired) electrons. The third-order valence-electron chi connectivity index (χ3n) is 6.20. The average molecular weight is 432 g/mol. The van der Waals surface area contributed by atoms with Gasteiger partial charge in [-0.3, -0.25) is 9.78 Å². The Morgan fingerprint density at radius 1 is 1.06 bits per heavy atom. The van der Waals surface area contributed by atoms with Gasteiger partial charge in [0.1, 0.15) is 11.2 Å². The molecule has 2 aliphatic rings. The number of fused-ring (bicyclic) bond motifs is 2. The second-order valence-electron chi connectivity index (χ2n) is 8.12. The van der Waals surface area contributed by atoms with Crippen molar-refractivity contribution in [3.8, 4) is 11.3 Å². The van der Waals surface area contributed by atoms with Crippen molar-refractivity contribution < 1.29 is 24.2 Å². The predicted molar refractivity (Wildman–Crippen MR) is 112 cm³/mol. The standard InChI is InChI=1S/C23H20N4O5/c28-20-19-16(7-4-12-27(19)31)23(32-20)10-8-22(30,9-11-23)21(29)26-18-14-24-17(13-25-18)15-5-2-1-3-6-15/h1-7,12-14,30H,8-11H2,(H,25,26,29)/t22-,23-. The number of amides is 1. The van der Waals surface area contributed by atoms with Gasteiger partial charge in [-0.15, -0.1) is 0 Å². The molecule has 9 nitrogen and oxygen atoms in total. The van der Waals surface area contributed by atoms with Crippen molar-refractivity contribution in [3.63, 3.8) is 0 Å². The van der Waals surface area contributed by atoms with Crippen LogP contribution in [0.1, 0.15) is 41.7 Å². The van der Waals surface area contributed by atoms with E-state index in [2.05, 4.69) is 15.3 Å². The van der Waals surface area contributed by atoms with E-state index in [1.165, 1.54) is 12.4 Å². The molecule has 1 fully saturated rings. The predicted octanol–water partition coefficient (Wildman–Crippen LogP) is 2.09. The van der Waals surface area contributed by atoms with Crippen molar-refractivity contribution in [2.24, 2.45) is 0 Å². The molecule has 1 spiro atoms. The number of anilines is 1. The maximum absolute atomic E-state index is 12.8. The smallest absolute Gasteiger partial charge is 0.406 e. The van der Waals surface area contributed by atoms with E-state index >= 15 is 0 Å². The second kappa shape index (κ2) is 7.38. The van der Waals surface area contributed by atoms with Crippen molar-refractivity contribution in [1.82, 2.24) is 9.97 Å². The number of carbonyl (C=O) groups excluding carboxylic acids is 2. The number of carbonyl (C=O) groups is 2. The van der Waals surface area contributed by atoms with E-state index in [1.54, 1.807) is 18.3 Å². The van der Waals surface area contributed by atoms with Gasteiger partial charge in [0.05, 0.1) is 23.7 Å². The molecular weight excluding hydrogens is 412 g/mol. The van der Waals surface area contributed by atoms with Gasteiger partial charge in [0.15, 0.2) is 12.0 Å². The monoisotopic (exact) mass is 432 g/mol. The summed E-state index contributed by atoms with van der Waals surface area (Å²) >= 11 is 0. The maximum atomic E-state index is 12.8. The Balaban J connectivity index is 1.29. The third-order valence-corrected chi connectivity index (χ3v) is 6.20. The largest absolute Gasteiger partial charge is 0.618 e. The SMILES string of the molecule is O=C1O[C@]2(CC[C@@](O)(C(=O)Nc3cnc(-c4ccccc4)cn3)CC2)c2ccc[n+]([O-])c21. The maximum Gasteiger partial charge on any atom is 0.406 e. The van der Waals surface area contributed by atoms with Crippen LogP contribution in [0.4, 0.5) is 5.82 Å². The number of hydrogen-bond acceptors (Lipinski definition) is 7. The topological polar surface area (TPSA) is 128 Å². The lowest BCUT2D eigenvalue weighted by Gasteiger charge is -2.39. The number of rotatable bonds is 3. The minimum atomic E-state index is -1.65. The molecule has 9 heteroatoms. The van der Waals surface area contributed by atoms with Crippen LogP contribution in [0.3, 0.4) is 0 Å². The van der Waals surface area contributed by atoms with Gasteiger partial charge in [-0.05, 0) is 31.7 Å². The molecule has 0 saturated heterocycles. The fourth-order valence-corrected chi connectivity index (χ4v) is 4.39. The van der Waals surface area contributed by atoms with Crippen LogP contribution in [0.5, 0.6) is 0 Å². The van der Waals surface area contributed by atoms with E-state index in [0.717, 1.165) is 5.56 Å². The van der Waals surface area contributed by atoms with Gasteiger partial charge < -0.3 is 20.4 Å². The Hall–Kier alpha value is -3.85. The fourth-order valence-electron chi connectivity index (χ4n) is 4.39. The lowest BCUT2D eigenvalue weighted by Crippen LogP contribution is -2.49. The first kappa shape index (κ1) is 20.1. The second-order valence-corrected chi connectivity index (χ2v) is 8.12. The van der Waals surface area contributed by atoms with Gasteiger partial charge in [-0.1, -0.05) is 30.3 Å². The summed E-state index contributed by atoms with van der Waals surface area (Å²) in [5, 5.41) is 25.6. The highest BCUT2D eigenvalue weighted by molar-refractivity contribution is 5.96. The van der Waals surface area contributed by atoms with E-state index < -0.39 is 23.1 Å². The lowest BCUT2D eigenvalue weighted by atomic mass is 9.73. The van der Waals surface area contributed by atoms with E-state index in [1.807, 2.05) is 30.3 Å². The molecule has 2 N–H and O–H groups in total. The van der Waals surface area contributed by atoms with Crippen LogP contribution in [0.2, 0.25) is 0 Å². The molecule has 5 rings (SSSR count). The molecule has 2 aromatic heterocycles. The summed E-state index contributed by atoms with van der Waals surface area (Å²) in [7, 11) is 0. The molecular formula is C23H20N4O5.